The molecule has 1 aromatic carbocycles. The molecule has 0 N–H and O–H groups in total. The molecule has 0 saturated heterocycles. The zero-order valence-corrected chi connectivity index (χ0v) is 9.53. The molecule has 0 saturated carbocycles. The molecule has 0 heterocycles. The molecule has 0 fully saturated rings. The van der Waals surface area contributed by atoms with Gasteiger partial charge < -0.3 is 9.47 Å². The Morgan fingerprint density at radius 3 is 2.60 bits per heavy atom. The van der Waals surface area contributed by atoms with Crippen LogP contribution in [-0.2, 0) is 9.53 Å². The van der Waals surface area contributed by atoms with E-state index < -0.39 is 6.10 Å². The number of rotatable bonds is 3. The summed E-state index contributed by atoms with van der Waals surface area (Å²) in [5, 5.41) is 0. The Balaban J connectivity index is 2.80. The van der Waals surface area contributed by atoms with Crippen LogP contribution in [0.2, 0.25) is 0 Å². The normalized spacial score (nSPS) is 12.0. The minimum Gasteiger partial charge on any atom is -0.479 e. The van der Waals surface area contributed by atoms with Crippen LogP contribution >= 0.6 is 0 Å². The Morgan fingerprint density at radius 2 is 2.00 bits per heavy atom. The Kier molecular flexibility index (Phi) is 3.72. The van der Waals surface area contributed by atoms with E-state index in [1.807, 2.05) is 32.0 Å². The largest absolute Gasteiger partial charge is 0.479 e. The van der Waals surface area contributed by atoms with Crippen molar-refractivity contribution in [1.82, 2.24) is 0 Å². The number of esters is 1. The first-order valence-corrected chi connectivity index (χ1v) is 4.86. The Hall–Kier alpha value is -1.51. The number of carbonyl (C=O) groups is 1. The van der Waals surface area contributed by atoms with E-state index in [1.165, 1.54) is 7.11 Å². The molecular weight excluding hydrogens is 192 g/mol. The van der Waals surface area contributed by atoms with Crippen molar-refractivity contribution < 1.29 is 14.3 Å². The lowest BCUT2D eigenvalue weighted by Crippen LogP contribution is -2.25. The average Bonchev–Trinajstić information content (AvgIpc) is 2.22. The van der Waals surface area contributed by atoms with E-state index in [0.717, 1.165) is 16.9 Å². The number of hydrogen-bond acceptors (Lipinski definition) is 3. The van der Waals surface area contributed by atoms with Crippen molar-refractivity contribution >= 4 is 5.97 Å². The molecule has 82 valence electrons. The number of carbonyl (C=O) groups excluding carboxylic acids is 1. The minimum absolute atomic E-state index is 0.365. The summed E-state index contributed by atoms with van der Waals surface area (Å²) < 4.78 is 10.1. The highest BCUT2D eigenvalue weighted by atomic mass is 16.6. The van der Waals surface area contributed by atoms with Gasteiger partial charge in [-0.25, -0.2) is 4.79 Å². The van der Waals surface area contributed by atoms with Crippen LogP contribution in [0.4, 0.5) is 0 Å². The monoisotopic (exact) mass is 208 g/mol. The topological polar surface area (TPSA) is 35.5 Å². The van der Waals surface area contributed by atoms with Crippen molar-refractivity contribution in [3.05, 3.63) is 29.3 Å². The third kappa shape index (κ3) is 2.98. The molecule has 0 spiro atoms. The van der Waals surface area contributed by atoms with Gasteiger partial charge >= 0.3 is 5.97 Å². The van der Waals surface area contributed by atoms with Crippen LogP contribution in [0.5, 0.6) is 5.75 Å². The molecule has 0 aliphatic carbocycles. The molecule has 3 nitrogen and oxygen atoms in total. The van der Waals surface area contributed by atoms with Crippen molar-refractivity contribution in [2.24, 2.45) is 0 Å². The first-order chi connectivity index (χ1) is 7.04. The van der Waals surface area contributed by atoms with Gasteiger partial charge in [-0.15, -0.1) is 0 Å². The van der Waals surface area contributed by atoms with Crippen molar-refractivity contribution in [1.29, 1.82) is 0 Å². The van der Waals surface area contributed by atoms with Gasteiger partial charge in [0.05, 0.1) is 7.11 Å². The maximum atomic E-state index is 11.2. The van der Waals surface area contributed by atoms with Crippen LogP contribution in [-0.4, -0.2) is 19.2 Å². The summed E-state index contributed by atoms with van der Waals surface area (Å²) in [5.74, 6) is 0.365. The van der Waals surface area contributed by atoms with Gasteiger partial charge in [0.15, 0.2) is 6.10 Å². The number of hydrogen-bond donors (Lipinski definition) is 0. The van der Waals surface area contributed by atoms with Gasteiger partial charge in [0, 0.05) is 0 Å². The molecule has 0 aliphatic heterocycles. The van der Waals surface area contributed by atoms with E-state index in [4.69, 9.17) is 4.74 Å². The van der Waals surface area contributed by atoms with E-state index in [9.17, 15) is 4.79 Å². The smallest absolute Gasteiger partial charge is 0.346 e. The molecule has 1 aromatic rings. The van der Waals surface area contributed by atoms with Gasteiger partial charge in [0.2, 0.25) is 0 Å². The molecule has 0 bridgehead atoms. The van der Waals surface area contributed by atoms with Crippen LogP contribution in [0.25, 0.3) is 0 Å². The number of aryl methyl sites for hydroxylation is 2. The molecule has 1 rings (SSSR count). The quantitative estimate of drug-likeness (QED) is 0.715. The zero-order valence-electron chi connectivity index (χ0n) is 9.53. The molecule has 0 aliphatic rings. The van der Waals surface area contributed by atoms with E-state index in [0.29, 0.717) is 0 Å². The standard InChI is InChI=1S/C12H16O3/c1-8-5-6-9(2)11(7-8)15-10(3)12(13)14-4/h5-7,10H,1-4H3/t10-/m0/s1. The maximum Gasteiger partial charge on any atom is 0.346 e. The fourth-order valence-corrected chi connectivity index (χ4v) is 1.24. The second-order valence-electron chi connectivity index (χ2n) is 3.55. The lowest BCUT2D eigenvalue weighted by molar-refractivity contribution is -0.147. The Bertz CT molecular complexity index is 358. The van der Waals surface area contributed by atoms with Crippen molar-refractivity contribution in [2.75, 3.05) is 7.11 Å². The minimum atomic E-state index is -0.574. The highest BCUT2D eigenvalue weighted by Gasteiger charge is 2.15. The molecule has 0 unspecified atom stereocenters. The van der Waals surface area contributed by atoms with Gasteiger partial charge in [-0.2, -0.15) is 0 Å². The van der Waals surface area contributed by atoms with Gasteiger partial charge in [0.1, 0.15) is 5.75 Å². The third-order valence-corrected chi connectivity index (χ3v) is 2.18. The first kappa shape index (κ1) is 11.6. The van der Waals surface area contributed by atoms with Crippen molar-refractivity contribution in [2.45, 2.75) is 26.9 Å². The Morgan fingerprint density at radius 1 is 1.33 bits per heavy atom. The van der Waals surface area contributed by atoms with E-state index in [-0.39, 0.29) is 5.97 Å². The van der Waals surface area contributed by atoms with E-state index in [1.54, 1.807) is 6.92 Å². The predicted octanol–water partition coefficient (Wildman–Crippen LogP) is 2.24. The van der Waals surface area contributed by atoms with Crippen LogP contribution in [0, 0.1) is 13.8 Å². The van der Waals surface area contributed by atoms with Crippen molar-refractivity contribution in [3.63, 3.8) is 0 Å². The summed E-state index contributed by atoms with van der Waals surface area (Å²) in [6.07, 6.45) is -0.574. The molecule has 3 heteroatoms. The summed E-state index contributed by atoms with van der Waals surface area (Å²) in [4.78, 5) is 11.2. The van der Waals surface area contributed by atoms with Gasteiger partial charge in [-0.05, 0) is 38.0 Å². The number of methoxy groups -OCH3 is 1. The summed E-state index contributed by atoms with van der Waals surface area (Å²) in [6.45, 7) is 5.60. The Labute approximate surface area is 90.0 Å². The van der Waals surface area contributed by atoms with Crippen LogP contribution in [0.15, 0.2) is 18.2 Å². The zero-order chi connectivity index (χ0) is 11.4. The molecule has 1 atom stereocenters. The SMILES string of the molecule is COC(=O)[C@H](C)Oc1cc(C)ccc1C. The summed E-state index contributed by atoms with van der Waals surface area (Å²) in [7, 11) is 1.35. The summed E-state index contributed by atoms with van der Waals surface area (Å²) >= 11 is 0. The lowest BCUT2D eigenvalue weighted by atomic mass is 10.1. The van der Waals surface area contributed by atoms with Crippen molar-refractivity contribution in [3.8, 4) is 5.75 Å². The van der Waals surface area contributed by atoms with E-state index in [2.05, 4.69) is 4.74 Å². The predicted molar refractivity (Wildman–Crippen MR) is 58.0 cm³/mol. The van der Waals surface area contributed by atoms with Gasteiger partial charge in [-0.3, -0.25) is 0 Å². The van der Waals surface area contributed by atoms with Gasteiger partial charge in [-0.1, -0.05) is 12.1 Å². The molecule has 0 aromatic heterocycles. The fourth-order valence-electron chi connectivity index (χ4n) is 1.24. The highest BCUT2D eigenvalue weighted by molar-refractivity contribution is 5.74. The van der Waals surface area contributed by atoms with Gasteiger partial charge in [0.25, 0.3) is 0 Å². The molecule has 15 heavy (non-hydrogen) atoms. The second-order valence-corrected chi connectivity index (χ2v) is 3.55. The summed E-state index contributed by atoms with van der Waals surface area (Å²) in [6, 6.07) is 5.88. The second kappa shape index (κ2) is 4.82. The number of benzene rings is 1. The highest BCUT2D eigenvalue weighted by Crippen LogP contribution is 2.20. The molecule has 0 amide bonds. The van der Waals surface area contributed by atoms with E-state index >= 15 is 0 Å². The fraction of sp³-hybridized carbons (Fsp3) is 0.417. The van der Waals surface area contributed by atoms with Crippen LogP contribution in [0.3, 0.4) is 0 Å². The number of ether oxygens (including phenoxy) is 2. The molecular formula is C12H16O3. The molecule has 0 radical (unpaired) electrons. The maximum absolute atomic E-state index is 11.2. The third-order valence-electron chi connectivity index (χ3n) is 2.18. The first-order valence-electron chi connectivity index (χ1n) is 4.86. The van der Waals surface area contributed by atoms with Crippen LogP contribution < -0.4 is 4.74 Å². The average molecular weight is 208 g/mol. The summed E-state index contributed by atoms with van der Waals surface area (Å²) in [5.41, 5.74) is 2.11. The lowest BCUT2D eigenvalue weighted by Gasteiger charge is -2.14. The van der Waals surface area contributed by atoms with Crippen LogP contribution in [0.1, 0.15) is 18.1 Å².